The summed E-state index contributed by atoms with van der Waals surface area (Å²) in [6, 6.07) is 13.2. The van der Waals surface area contributed by atoms with Gasteiger partial charge in [-0.15, -0.1) is 0 Å². The number of carbonyl (C=O) groups is 1. The van der Waals surface area contributed by atoms with Gasteiger partial charge in [0.05, 0.1) is 33.9 Å². The summed E-state index contributed by atoms with van der Waals surface area (Å²) in [5.41, 5.74) is -4.66. The van der Waals surface area contributed by atoms with Gasteiger partial charge < -0.3 is 0 Å². The molecule has 1 fully saturated rings. The third-order valence-corrected chi connectivity index (χ3v) is 6.28. The van der Waals surface area contributed by atoms with Crippen molar-refractivity contribution >= 4 is 38.9 Å². The van der Waals surface area contributed by atoms with E-state index in [1.165, 1.54) is 29.8 Å². The van der Waals surface area contributed by atoms with Crippen LogP contribution in [-0.4, -0.2) is 53.5 Å². The van der Waals surface area contributed by atoms with Crippen LogP contribution in [0.15, 0.2) is 42.5 Å². The molecule has 1 aliphatic rings. The van der Waals surface area contributed by atoms with E-state index in [1.54, 1.807) is 24.3 Å². The highest BCUT2D eigenvalue weighted by Gasteiger charge is 2.27. The van der Waals surface area contributed by atoms with E-state index in [1.807, 2.05) is 11.5 Å². The zero-order valence-electron chi connectivity index (χ0n) is 27.1. The highest BCUT2D eigenvalue weighted by molar-refractivity contribution is 7.91. The summed E-state index contributed by atoms with van der Waals surface area (Å²) < 4.78 is 90.9. The highest BCUT2D eigenvalue weighted by atomic mass is 35.5. The van der Waals surface area contributed by atoms with Crippen molar-refractivity contribution < 1.29 is 24.2 Å². The van der Waals surface area contributed by atoms with Crippen LogP contribution in [0.1, 0.15) is 45.4 Å². The number of nitrogens with one attached hydrogen (secondary N) is 1. The van der Waals surface area contributed by atoms with Gasteiger partial charge in [-0.05, 0) is 37.3 Å². The van der Waals surface area contributed by atoms with Crippen molar-refractivity contribution in [3.63, 3.8) is 0 Å². The number of hydrogen-bond donors (Lipinski definition) is 1. The fourth-order valence-corrected chi connectivity index (χ4v) is 4.31. The van der Waals surface area contributed by atoms with Crippen molar-refractivity contribution in [2.45, 2.75) is 19.8 Å². The van der Waals surface area contributed by atoms with Gasteiger partial charge in [0.25, 0.3) is 5.91 Å². The molecule has 2 heterocycles. The van der Waals surface area contributed by atoms with Crippen LogP contribution in [0.2, 0.25) is 10.0 Å². The normalized spacial score (nSPS) is 23.5. The minimum atomic E-state index is -5.74. The lowest BCUT2D eigenvalue weighted by atomic mass is 10.0. The summed E-state index contributed by atoms with van der Waals surface area (Å²) in [7, 11) is -5.74. The number of aromatic nitrogens is 2. The number of nitrogens with zero attached hydrogens (tertiary/aromatic N) is 4. The second-order valence-corrected chi connectivity index (χ2v) is 9.83. The zero-order valence-corrected chi connectivity index (χ0v) is 21.5. The minimum Gasteiger partial charge on any atom is -0.283 e. The van der Waals surface area contributed by atoms with E-state index >= 15 is 0 Å². The number of hydrazine groups is 1. The minimum absolute atomic E-state index is 0.133. The van der Waals surface area contributed by atoms with E-state index in [9.17, 15) is 13.2 Å². The average Bonchev–Trinajstić information content (AvgIpc) is 3.29. The molecule has 190 valence electrons. The van der Waals surface area contributed by atoms with Gasteiger partial charge in [-0.1, -0.05) is 47.2 Å². The predicted octanol–water partition coefficient (Wildman–Crippen LogP) is 4.19. The van der Waals surface area contributed by atoms with Crippen molar-refractivity contribution in [2.24, 2.45) is 0 Å². The fraction of sp³-hybridized carbons (Fsp3) is 0.269. The highest BCUT2D eigenvalue weighted by Crippen LogP contribution is 2.33. The number of rotatable bonds is 5. The smallest absolute Gasteiger partial charge is 0.283 e. The van der Waals surface area contributed by atoms with Gasteiger partial charge >= 0.3 is 0 Å². The standard InChI is InChI=1S/C26H23Cl2N5O3S/c1-18-24(26(34)31-32-13-15-37(35,36)16-14-32)30-33(23-11-10-21(27)17-22(23)28)25(18)20-8-6-19(7-9-20)5-3-2-4-12-29/h6-11,17H,2,4,13-16H2,1H3,(H,31,34)/i13D2,14D2,15D2,16D2. The summed E-state index contributed by atoms with van der Waals surface area (Å²) in [4.78, 5) is 13.6. The molecule has 0 unspecified atom stereocenters. The molecule has 11 heteroatoms. The van der Waals surface area contributed by atoms with Crippen molar-refractivity contribution in [2.75, 3.05) is 24.4 Å². The SMILES string of the molecule is [2H]C1([2H])N(NC(=O)c2nn(-c3ccc(Cl)cc3Cl)c(-c3ccc(C#CCCC#N)cc3)c2C)C([2H])([2H])C([2H])([2H])S(=O)(=O)C1([2H])[2H]. The molecular weight excluding hydrogens is 533 g/mol. The maximum Gasteiger partial charge on any atom is 0.286 e. The summed E-state index contributed by atoms with van der Waals surface area (Å²) in [5.74, 6) is 4.52. The lowest BCUT2D eigenvalue weighted by Crippen LogP contribution is -2.50. The summed E-state index contributed by atoms with van der Waals surface area (Å²) in [6.07, 6.45) is 0.668. The summed E-state index contributed by atoms with van der Waals surface area (Å²) in [6.45, 7) is -6.07. The van der Waals surface area contributed by atoms with Gasteiger partial charge in [-0.2, -0.15) is 10.4 Å². The molecule has 0 radical (unpaired) electrons. The second-order valence-electron chi connectivity index (χ2n) is 7.57. The zero-order chi connectivity index (χ0) is 33.8. The van der Waals surface area contributed by atoms with Gasteiger partial charge in [-0.3, -0.25) is 10.2 Å². The average molecular weight is 565 g/mol. The first-order chi connectivity index (χ1) is 20.7. The number of nitriles is 1. The number of carbonyl (C=O) groups excluding carboxylic acids is 1. The van der Waals surface area contributed by atoms with E-state index < -0.39 is 45.8 Å². The van der Waals surface area contributed by atoms with Gasteiger partial charge in [0.15, 0.2) is 15.5 Å². The molecule has 1 aliphatic heterocycles. The van der Waals surface area contributed by atoms with Gasteiger partial charge in [0, 0.05) is 58.5 Å². The van der Waals surface area contributed by atoms with Crippen LogP contribution in [-0.2, 0) is 9.84 Å². The number of sulfone groups is 1. The van der Waals surface area contributed by atoms with Crippen LogP contribution >= 0.6 is 23.2 Å². The molecule has 1 amide bonds. The number of halogens is 2. The van der Waals surface area contributed by atoms with Crippen LogP contribution in [0.4, 0.5) is 0 Å². The number of unbranched alkanes of at least 4 members (excludes halogenated alkanes) is 1. The second kappa shape index (κ2) is 11.4. The third-order valence-electron chi connectivity index (χ3n) is 5.03. The Bertz CT molecular complexity index is 1870. The molecule has 37 heavy (non-hydrogen) atoms. The first-order valence-corrected chi connectivity index (χ1v) is 12.8. The molecule has 0 atom stereocenters. The Balaban J connectivity index is 1.85. The van der Waals surface area contributed by atoms with Gasteiger partial charge in [0.2, 0.25) is 0 Å². The first-order valence-electron chi connectivity index (χ1n) is 14.6. The Kier molecular flexibility index (Phi) is 5.53. The maximum atomic E-state index is 13.6. The molecule has 1 aromatic heterocycles. The van der Waals surface area contributed by atoms with Crippen LogP contribution in [0.25, 0.3) is 16.9 Å². The first kappa shape index (κ1) is 18.0. The van der Waals surface area contributed by atoms with Crippen molar-refractivity contribution in [3.05, 3.63) is 69.3 Å². The van der Waals surface area contributed by atoms with Crippen LogP contribution in [0, 0.1) is 30.1 Å². The van der Waals surface area contributed by atoms with Crippen LogP contribution < -0.4 is 5.43 Å². The van der Waals surface area contributed by atoms with E-state index in [2.05, 4.69) is 16.9 Å². The molecule has 1 N–H and O–H groups in total. The summed E-state index contributed by atoms with van der Waals surface area (Å²) in [5, 5.41) is 13.2. The monoisotopic (exact) mass is 563 g/mol. The lowest BCUT2D eigenvalue weighted by molar-refractivity contribution is 0.0795. The maximum absolute atomic E-state index is 13.6. The van der Waals surface area contributed by atoms with Crippen LogP contribution in [0.5, 0.6) is 0 Å². The quantitative estimate of drug-likeness (QED) is 0.368. The Hall–Kier alpha value is -3.34. The molecule has 2 aromatic carbocycles. The molecule has 3 aromatic rings. The van der Waals surface area contributed by atoms with Crippen molar-refractivity contribution in [1.82, 2.24) is 20.2 Å². The van der Waals surface area contributed by atoms with Gasteiger partial charge in [0.1, 0.15) is 0 Å². The molecule has 0 spiro atoms. The predicted molar refractivity (Wildman–Crippen MR) is 143 cm³/mol. The van der Waals surface area contributed by atoms with E-state index in [-0.39, 0.29) is 27.7 Å². The number of hydrogen-bond acceptors (Lipinski definition) is 6. The molecule has 1 saturated heterocycles. The fourth-order valence-electron chi connectivity index (χ4n) is 3.35. The molecule has 4 rings (SSSR count). The number of amides is 1. The van der Waals surface area contributed by atoms with Crippen molar-refractivity contribution in [3.8, 4) is 34.9 Å². The Morgan fingerprint density at radius 1 is 1.16 bits per heavy atom. The largest absolute Gasteiger partial charge is 0.286 e. The lowest BCUT2D eigenvalue weighted by Gasteiger charge is -2.26. The Labute approximate surface area is 236 Å². The molecule has 8 nitrogen and oxygen atoms in total. The Morgan fingerprint density at radius 3 is 2.51 bits per heavy atom. The van der Waals surface area contributed by atoms with Crippen molar-refractivity contribution in [1.29, 1.82) is 5.26 Å². The third kappa shape index (κ3) is 6.33. The molecular formula is C26H23Cl2N5O3S. The summed E-state index contributed by atoms with van der Waals surface area (Å²) >= 11 is 12.5. The Morgan fingerprint density at radius 2 is 1.86 bits per heavy atom. The van der Waals surface area contributed by atoms with E-state index in [0.29, 0.717) is 28.3 Å². The molecule has 0 bridgehead atoms. The van der Waals surface area contributed by atoms with Gasteiger partial charge in [-0.25, -0.2) is 18.1 Å². The molecule has 0 aliphatic carbocycles. The van der Waals surface area contributed by atoms with E-state index in [0.717, 1.165) is 0 Å². The molecule has 0 saturated carbocycles. The van der Waals surface area contributed by atoms with Crippen LogP contribution in [0.3, 0.4) is 0 Å². The topological polar surface area (TPSA) is 108 Å². The number of benzene rings is 2. The van der Waals surface area contributed by atoms with E-state index in [4.69, 9.17) is 39.4 Å².